The Morgan fingerprint density at radius 1 is 1.08 bits per heavy atom. The summed E-state index contributed by atoms with van der Waals surface area (Å²) in [6.45, 7) is 1.88. The number of unbranched alkanes of at least 4 members (excludes halogenated alkanes) is 3. The maximum Gasteiger partial charge on any atom is 0.164 e. The molecule has 0 saturated carbocycles. The molecule has 5 N–H and O–H groups in total. The molecule has 0 aliphatic rings. The molecule has 12 heavy (non-hydrogen) atoms. The van der Waals surface area contributed by atoms with E-state index in [1.54, 1.807) is 0 Å². The first-order valence-electron chi connectivity index (χ1n) is 4.54. The highest BCUT2D eigenvalue weighted by molar-refractivity contribution is 4.50. The average molecular weight is 176 g/mol. The van der Waals surface area contributed by atoms with Gasteiger partial charge in [-0.2, -0.15) is 0 Å². The molecule has 0 bridgehead atoms. The van der Waals surface area contributed by atoms with Crippen LogP contribution in [0.25, 0.3) is 0 Å². The lowest BCUT2D eigenvalue weighted by atomic mass is 10.2. The van der Waals surface area contributed by atoms with Crippen molar-refractivity contribution in [2.24, 2.45) is 5.73 Å². The number of aliphatic hydroxyl groups excluding tert-OH is 1. The summed E-state index contributed by atoms with van der Waals surface area (Å²) < 4.78 is 0. The second kappa shape index (κ2) is 8.93. The third kappa shape index (κ3) is 9.84. The van der Waals surface area contributed by atoms with Crippen molar-refractivity contribution in [1.82, 2.24) is 5.32 Å². The van der Waals surface area contributed by atoms with Gasteiger partial charge in [-0.05, 0) is 25.9 Å². The summed E-state index contributed by atoms with van der Waals surface area (Å²) in [4.78, 5) is 0. The van der Waals surface area contributed by atoms with E-state index < -0.39 is 6.29 Å². The van der Waals surface area contributed by atoms with Gasteiger partial charge in [-0.1, -0.05) is 12.8 Å². The van der Waals surface area contributed by atoms with Crippen LogP contribution in [0.3, 0.4) is 0 Å². The smallest absolute Gasteiger partial charge is 0.164 e. The van der Waals surface area contributed by atoms with E-state index in [2.05, 4.69) is 5.32 Å². The molecular formula is C8H20N2O2. The number of hydrogen-bond donors (Lipinski definition) is 4. The van der Waals surface area contributed by atoms with Gasteiger partial charge in [0.05, 0.1) is 0 Å². The Hall–Kier alpha value is -0.160. The molecule has 4 heteroatoms. The van der Waals surface area contributed by atoms with Gasteiger partial charge in [-0.25, -0.2) is 0 Å². The lowest BCUT2D eigenvalue weighted by molar-refractivity contribution is -0.0370. The van der Waals surface area contributed by atoms with Crippen molar-refractivity contribution < 1.29 is 10.2 Å². The molecule has 0 heterocycles. The molecule has 0 spiro atoms. The van der Waals surface area contributed by atoms with Crippen molar-refractivity contribution in [1.29, 1.82) is 0 Å². The zero-order valence-corrected chi connectivity index (χ0v) is 7.50. The topological polar surface area (TPSA) is 78.5 Å². The van der Waals surface area contributed by atoms with Crippen molar-refractivity contribution in [3.05, 3.63) is 0 Å². The van der Waals surface area contributed by atoms with E-state index in [4.69, 9.17) is 15.9 Å². The summed E-state index contributed by atoms with van der Waals surface area (Å²) in [6, 6.07) is 0. The van der Waals surface area contributed by atoms with E-state index in [0.29, 0.717) is 0 Å². The third-order valence-electron chi connectivity index (χ3n) is 1.63. The maximum atomic E-state index is 8.47. The second-order valence-electron chi connectivity index (χ2n) is 2.89. The molecule has 0 fully saturated rings. The van der Waals surface area contributed by atoms with E-state index in [-0.39, 0.29) is 6.54 Å². The molecule has 0 radical (unpaired) electrons. The molecule has 0 aliphatic carbocycles. The van der Waals surface area contributed by atoms with Crippen LogP contribution in [0, 0.1) is 0 Å². The lowest BCUT2D eigenvalue weighted by Crippen LogP contribution is -2.26. The van der Waals surface area contributed by atoms with Crippen LogP contribution in [0.5, 0.6) is 0 Å². The highest BCUT2D eigenvalue weighted by atomic mass is 16.5. The minimum Gasteiger partial charge on any atom is -0.367 e. The van der Waals surface area contributed by atoms with Gasteiger partial charge in [0.2, 0.25) is 0 Å². The zero-order valence-electron chi connectivity index (χ0n) is 7.50. The number of nitrogens with one attached hydrogen (secondary N) is 1. The summed E-state index contributed by atoms with van der Waals surface area (Å²) in [5.74, 6) is 0. The molecule has 0 atom stereocenters. The van der Waals surface area contributed by atoms with E-state index in [1.807, 2.05) is 0 Å². The van der Waals surface area contributed by atoms with Crippen LogP contribution in [0.1, 0.15) is 25.7 Å². The molecule has 0 unspecified atom stereocenters. The minimum absolute atomic E-state index is 0.261. The van der Waals surface area contributed by atoms with E-state index >= 15 is 0 Å². The highest BCUT2D eigenvalue weighted by Crippen LogP contribution is 1.96. The molecular weight excluding hydrogens is 156 g/mol. The molecule has 0 amide bonds. The van der Waals surface area contributed by atoms with Crippen LogP contribution in [0.15, 0.2) is 0 Å². The van der Waals surface area contributed by atoms with Crippen LogP contribution in [0.4, 0.5) is 0 Å². The van der Waals surface area contributed by atoms with Gasteiger partial charge < -0.3 is 21.3 Å². The molecule has 0 aromatic heterocycles. The SMILES string of the molecule is NCCCCCCNCC(O)O. The summed E-state index contributed by atoms with van der Waals surface area (Å²) in [5, 5.41) is 19.9. The molecule has 0 saturated heterocycles. The first-order chi connectivity index (χ1) is 5.77. The van der Waals surface area contributed by atoms with Gasteiger partial charge >= 0.3 is 0 Å². The lowest BCUT2D eigenvalue weighted by Gasteiger charge is -2.05. The van der Waals surface area contributed by atoms with Gasteiger partial charge in [0, 0.05) is 6.54 Å². The molecule has 74 valence electrons. The largest absolute Gasteiger partial charge is 0.367 e. The van der Waals surface area contributed by atoms with Gasteiger partial charge in [0.15, 0.2) is 6.29 Å². The van der Waals surface area contributed by atoms with Crippen LogP contribution >= 0.6 is 0 Å². The highest BCUT2D eigenvalue weighted by Gasteiger charge is 1.94. The summed E-state index contributed by atoms with van der Waals surface area (Å²) in [6.07, 6.45) is 3.26. The summed E-state index contributed by atoms with van der Waals surface area (Å²) in [5.41, 5.74) is 5.33. The third-order valence-corrected chi connectivity index (χ3v) is 1.63. The van der Waals surface area contributed by atoms with Crippen molar-refractivity contribution in [3.63, 3.8) is 0 Å². The van der Waals surface area contributed by atoms with Crippen LogP contribution in [-0.4, -0.2) is 36.1 Å². The molecule has 0 aromatic carbocycles. The Balaban J connectivity index is 2.82. The predicted octanol–water partition coefficient (Wildman–Crippen LogP) is -0.594. The fraction of sp³-hybridized carbons (Fsp3) is 1.00. The van der Waals surface area contributed by atoms with E-state index in [9.17, 15) is 0 Å². The first kappa shape index (κ1) is 11.8. The standard InChI is InChI=1S/C8H20N2O2/c9-5-3-1-2-4-6-10-7-8(11)12/h8,10-12H,1-7,9H2. The van der Waals surface area contributed by atoms with E-state index in [1.165, 1.54) is 6.42 Å². The van der Waals surface area contributed by atoms with E-state index in [0.717, 1.165) is 32.4 Å². The maximum absolute atomic E-state index is 8.47. The monoisotopic (exact) mass is 176 g/mol. The van der Waals surface area contributed by atoms with Crippen LogP contribution in [-0.2, 0) is 0 Å². The Kier molecular flexibility index (Phi) is 8.81. The Bertz CT molecular complexity index is 89.1. The number of aliphatic hydroxyl groups is 2. The second-order valence-corrected chi connectivity index (χ2v) is 2.89. The van der Waals surface area contributed by atoms with Gasteiger partial charge in [0.25, 0.3) is 0 Å². The number of hydrogen-bond acceptors (Lipinski definition) is 4. The fourth-order valence-corrected chi connectivity index (χ4v) is 0.979. The number of rotatable bonds is 8. The number of nitrogens with two attached hydrogens (primary N) is 1. The minimum atomic E-state index is -1.23. The molecule has 0 aromatic rings. The van der Waals surface area contributed by atoms with Crippen molar-refractivity contribution in [2.75, 3.05) is 19.6 Å². The summed E-state index contributed by atoms with van der Waals surface area (Å²) in [7, 11) is 0. The Morgan fingerprint density at radius 2 is 1.75 bits per heavy atom. The van der Waals surface area contributed by atoms with Crippen molar-refractivity contribution >= 4 is 0 Å². The molecule has 0 rings (SSSR count). The molecule has 4 nitrogen and oxygen atoms in total. The van der Waals surface area contributed by atoms with Crippen LogP contribution in [0.2, 0.25) is 0 Å². The van der Waals surface area contributed by atoms with Gasteiger partial charge in [0.1, 0.15) is 0 Å². The molecule has 0 aliphatic heterocycles. The van der Waals surface area contributed by atoms with Crippen molar-refractivity contribution in [3.8, 4) is 0 Å². The Labute approximate surface area is 73.8 Å². The van der Waals surface area contributed by atoms with Gasteiger partial charge in [-0.15, -0.1) is 0 Å². The predicted molar refractivity (Wildman–Crippen MR) is 48.6 cm³/mol. The first-order valence-corrected chi connectivity index (χ1v) is 4.54. The van der Waals surface area contributed by atoms with Crippen molar-refractivity contribution in [2.45, 2.75) is 32.0 Å². The summed E-state index contributed by atoms with van der Waals surface area (Å²) >= 11 is 0. The van der Waals surface area contributed by atoms with Crippen LogP contribution < -0.4 is 11.1 Å². The average Bonchev–Trinajstić information content (AvgIpc) is 2.02. The zero-order chi connectivity index (χ0) is 9.23. The Morgan fingerprint density at radius 3 is 2.33 bits per heavy atom. The normalized spacial score (nSPS) is 11.0. The van der Waals surface area contributed by atoms with Gasteiger partial charge in [-0.3, -0.25) is 0 Å². The fourth-order valence-electron chi connectivity index (χ4n) is 0.979. The quantitative estimate of drug-likeness (QED) is 0.294.